The van der Waals surface area contributed by atoms with Crippen LogP contribution in [0, 0.1) is 6.92 Å². The minimum absolute atomic E-state index is 0.162. The zero-order chi connectivity index (χ0) is 12.4. The Kier molecular flexibility index (Phi) is 4.15. The smallest absolute Gasteiger partial charge is 0.151 e. The molecular formula is C12H17ClN2OS. The number of hydrogen-bond donors (Lipinski definition) is 0. The van der Waals surface area contributed by atoms with Crippen molar-refractivity contribution in [2.45, 2.75) is 37.9 Å². The van der Waals surface area contributed by atoms with Gasteiger partial charge in [-0.2, -0.15) is 16.9 Å². The number of halogens is 1. The monoisotopic (exact) mass is 272 g/mol. The summed E-state index contributed by atoms with van der Waals surface area (Å²) in [7, 11) is 1.84. The van der Waals surface area contributed by atoms with Gasteiger partial charge in [0.1, 0.15) is 0 Å². The highest BCUT2D eigenvalue weighted by Crippen LogP contribution is 2.28. The fourth-order valence-corrected chi connectivity index (χ4v) is 3.63. The van der Waals surface area contributed by atoms with Crippen molar-refractivity contribution in [2.24, 2.45) is 7.05 Å². The molecule has 1 aliphatic rings. The maximum absolute atomic E-state index is 12.2. The Hall–Kier alpha value is -0.480. The quantitative estimate of drug-likeness (QED) is 0.849. The molecule has 0 aromatic carbocycles. The molecule has 17 heavy (non-hydrogen) atoms. The topological polar surface area (TPSA) is 34.9 Å². The predicted molar refractivity (Wildman–Crippen MR) is 71.8 cm³/mol. The molecule has 0 spiro atoms. The number of carbonyl (C=O) groups excluding carboxylic acids is 1. The third-order valence-corrected chi connectivity index (χ3v) is 5.06. The number of aromatic nitrogens is 2. The molecule has 2 rings (SSSR count). The number of rotatable bonds is 3. The molecule has 1 unspecified atom stereocenters. The van der Waals surface area contributed by atoms with Gasteiger partial charge in [-0.25, -0.2) is 0 Å². The van der Waals surface area contributed by atoms with Crippen LogP contribution in [0.1, 0.15) is 30.7 Å². The van der Waals surface area contributed by atoms with Crippen LogP contribution in [0.3, 0.4) is 0 Å². The molecule has 5 heteroatoms. The Morgan fingerprint density at radius 3 is 2.88 bits per heavy atom. The van der Waals surface area contributed by atoms with Crippen LogP contribution in [0.2, 0.25) is 5.02 Å². The highest BCUT2D eigenvalue weighted by molar-refractivity contribution is 8.00. The van der Waals surface area contributed by atoms with E-state index in [4.69, 9.17) is 11.6 Å². The predicted octanol–water partition coefficient (Wildman–Crippen LogP) is 2.78. The van der Waals surface area contributed by atoms with Crippen LogP contribution in [0.25, 0.3) is 0 Å². The third-order valence-electron chi connectivity index (χ3n) is 3.14. The highest BCUT2D eigenvalue weighted by Gasteiger charge is 2.24. The molecule has 1 atom stereocenters. The van der Waals surface area contributed by atoms with Gasteiger partial charge in [-0.05, 0) is 25.5 Å². The van der Waals surface area contributed by atoms with Crippen LogP contribution in [-0.2, 0) is 18.3 Å². The van der Waals surface area contributed by atoms with Crippen molar-refractivity contribution >= 4 is 29.1 Å². The second kappa shape index (κ2) is 5.44. The van der Waals surface area contributed by atoms with E-state index in [1.807, 2.05) is 14.0 Å². The summed E-state index contributed by atoms with van der Waals surface area (Å²) in [5.41, 5.74) is 1.65. The van der Waals surface area contributed by atoms with Gasteiger partial charge in [0.2, 0.25) is 0 Å². The van der Waals surface area contributed by atoms with E-state index in [9.17, 15) is 4.79 Å². The molecule has 3 nitrogen and oxygen atoms in total. The van der Waals surface area contributed by atoms with Gasteiger partial charge in [0.25, 0.3) is 0 Å². The fraction of sp³-hybridized carbons (Fsp3) is 0.667. The molecule has 1 aromatic heterocycles. The number of nitrogens with zero attached hydrogens (tertiary/aromatic N) is 2. The lowest BCUT2D eigenvalue weighted by Crippen LogP contribution is -2.23. The number of carbonyl (C=O) groups is 1. The Morgan fingerprint density at radius 1 is 1.59 bits per heavy atom. The van der Waals surface area contributed by atoms with E-state index in [1.54, 1.807) is 16.4 Å². The summed E-state index contributed by atoms with van der Waals surface area (Å²) in [6, 6.07) is 0. The molecule has 1 fully saturated rings. The first-order valence-electron chi connectivity index (χ1n) is 5.92. The van der Waals surface area contributed by atoms with Gasteiger partial charge >= 0.3 is 0 Å². The average molecular weight is 273 g/mol. The lowest BCUT2D eigenvalue weighted by atomic mass is 10.1. The van der Waals surface area contributed by atoms with E-state index in [0.717, 1.165) is 23.6 Å². The SMILES string of the molecule is Cc1nn(C)c(CC(=O)C2CCCCS2)c1Cl. The summed E-state index contributed by atoms with van der Waals surface area (Å²) < 4.78 is 1.73. The zero-order valence-electron chi connectivity index (χ0n) is 10.2. The van der Waals surface area contributed by atoms with Gasteiger partial charge in [-0.3, -0.25) is 9.48 Å². The zero-order valence-corrected chi connectivity index (χ0v) is 11.8. The summed E-state index contributed by atoms with van der Waals surface area (Å²) in [4.78, 5) is 12.2. The van der Waals surface area contributed by atoms with Gasteiger partial charge in [0, 0.05) is 7.05 Å². The van der Waals surface area contributed by atoms with E-state index in [-0.39, 0.29) is 5.25 Å². The first kappa shape index (κ1) is 13.0. The van der Waals surface area contributed by atoms with E-state index in [2.05, 4.69) is 5.10 Å². The normalized spacial score (nSPS) is 20.5. The van der Waals surface area contributed by atoms with Gasteiger partial charge in [-0.15, -0.1) is 0 Å². The van der Waals surface area contributed by atoms with Crippen molar-refractivity contribution in [3.05, 3.63) is 16.4 Å². The van der Waals surface area contributed by atoms with Gasteiger partial charge < -0.3 is 0 Å². The molecule has 1 saturated heterocycles. The standard InChI is InChI=1S/C12H17ClN2OS/c1-8-12(13)9(15(2)14-8)7-10(16)11-5-3-4-6-17-11/h11H,3-7H2,1-2H3. The molecule has 1 aromatic rings. The number of aryl methyl sites for hydroxylation is 2. The molecular weight excluding hydrogens is 256 g/mol. The molecule has 0 aliphatic carbocycles. The van der Waals surface area contributed by atoms with Crippen molar-refractivity contribution < 1.29 is 4.79 Å². The van der Waals surface area contributed by atoms with Crippen molar-refractivity contribution in [1.82, 2.24) is 9.78 Å². The van der Waals surface area contributed by atoms with Crippen LogP contribution < -0.4 is 0 Å². The Bertz CT molecular complexity index is 424. The Morgan fingerprint density at radius 2 is 2.35 bits per heavy atom. The van der Waals surface area contributed by atoms with E-state index in [0.29, 0.717) is 17.2 Å². The van der Waals surface area contributed by atoms with Crippen molar-refractivity contribution in [3.8, 4) is 0 Å². The van der Waals surface area contributed by atoms with Crippen LogP contribution >= 0.6 is 23.4 Å². The average Bonchev–Trinajstić information content (AvgIpc) is 2.57. The van der Waals surface area contributed by atoms with Gasteiger partial charge in [0.15, 0.2) is 5.78 Å². The first-order chi connectivity index (χ1) is 8.09. The van der Waals surface area contributed by atoms with Gasteiger partial charge in [-0.1, -0.05) is 18.0 Å². The Labute approximate surface area is 111 Å². The van der Waals surface area contributed by atoms with Crippen LogP contribution in [0.15, 0.2) is 0 Å². The largest absolute Gasteiger partial charge is 0.298 e. The first-order valence-corrected chi connectivity index (χ1v) is 7.34. The highest BCUT2D eigenvalue weighted by atomic mass is 35.5. The van der Waals surface area contributed by atoms with Gasteiger partial charge in [0.05, 0.1) is 28.1 Å². The molecule has 1 aliphatic heterocycles. The summed E-state index contributed by atoms with van der Waals surface area (Å²) >= 11 is 7.94. The maximum atomic E-state index is 12.2. The third kappa shape index (κ3) is 2.86. The number of thioether (sulfide) groups is 1. The van der Waals surface area contributed by atoms with Crippen LogP contribution in [0.4, 0.5) is 0 Å². The van der Waals surface area contributed by atoms with Crippen LogP contribution in [0.5, 0.6) is 0 Å². The summed E-state index contributed by atoms with van der Waals surface area (Å²) in [6.45, 7) is 1.87. The maximum Gasteiger partial charge on any atom is 0.151 e. The minimum Gasteiger partial charge on any atom is -0.298 e. The summed E-state index contributed by atoms with van der Waals surface area (Å²) in [5, 5.41) is 5.04. The molecule has 0 amide bonds. The fourth-order valence-electron chi connectivity index (χ4n) is 2.15. The molecule has 0 radical (unpaired) electrons. The van der Waals surface area contributed by atoms with Crippen molar-refractivity contribution in [2.75, 3.05) is 5.75 Å². The number of Topliss-reactive ketones (excluding diaryl/α,β-unsaturated/α-hetero) is 1. The van der Waals surface area contributed by atoms with Crippen molar-refractivity contribution in [3.63, 3.8) is 0 Å². The molecule has 2 heterocycles. The number of ketones is 1. The van der Waals surface area contributed by atoms with E-state index < -0.39 is 0 Å². The molecule has 0 bridgehead atoms. The molecule has 0 N–H and O–H groups in total. The second-order valence-corrected chi connectivity index (χ2v) is 6.16. The van der Waals surface area contributed by atoms with Crippen molar-refractivity contribution in [1.29, 1.82) is 0 Å². The van der Waals surface area contributed by atoms with E-state index >= 15 is 0 Å². The summed E-state index contributed by atoms with van der Waals surface area (Å²) in [6.07, 6.45) is 3.83. The van der Waals surface area contributed by atoms with E-state index in [1.165, 1.54) is 12.8 Å². The Balaban J connectivity index is 2.07. The van der Waals surface area contributed by atoms with Crippen LogP contribution in [-0.4, -0.2) is 26.6 Å². The minimum atomic E-state index is 0.162. The summed E-state index contributed by atoms with van der Waals surface area (Å²) in [5.74, 6) is 1.40. The molecule has 0 saturated carbocycles. The lowest BCUT2D eigenvalue weighted by Gasteiger charge is -2.19. The lowest BCUT2D eigenvalue weighted by molar-refractivity contribution is -0.118. The number of hydrogen-bond acceptors (Lipinski definition) is 3. The second-order valence-electron chi connectivity index (χ2n) is 4.47. The molecule has 94 valence electrons.